The normalized spacial score (nSPS) is 21.1. The minimum atomic E-state index is 0.657. The molecular weight excluding hydrogens is 218 g/mol. The van der Waals surface area contributed by atoms with Crippen molar-refractivity contribution in [2.45, 2.75) is 64.3 Å². The lowest BCUT2D eigenvalue weighted by molar-refractivity contribution is 0.399. The Balaban J connectivity index is 2.20. The maximum atomic E-state index is 3.76. The van der Waals surface area contributed by atoms with Gasteiger partial charge in [-0.1, -0.05) is 44.5 Å². The smallest absolute Gasteiger partial charge is 0.0133 e. The van der Waals surface area contributed by atoms with E-state index in [1.165, 1.54) is 38.5 Å². The Morgan fingerprint density at radius 1 is 1.22 bits per heavy atom. The highest BCUT2D eigenvalue weighted by molar-refractivity contribution is 5.32. The number of rotatable bonds is 5. The van der Waals surface area contributed by atoms with Crippen LogP contribution in [0.1, 0.15) is 63.0 Å². The van der Waals surface area contributed by atoms with Crippen molar-refractivity contribution in [3.63, 3.8) is 0 Å². The molecule has 1 N–H and O–H groups in total. The molecule has 18 heavy (non-hydrogen) atoms. The monoisotopic (exact) mass is 245 g/mol. The summed E-state index contributed by atoms with van der Waals surface area (Å²) < 4.78 is 0. The summed E-state index contributed by atoms with van der Waals surface area (Å²) in [6.07, 6.45) is 7.83. The second-order valence-corrected chi connectivity index (χ2v) is 5.52. The van der Waals surface area contributed by atoms with Crippen molar-refractivity contribution in [2.24, 2.45) is 0 Å². The Labute approximate surface area is 112 Å². The second kappa shape index (κ2) is 6.94. The summed E-state index contributed by atoms with van der Waals surface area (Å²) in [5.41, 5.74) is 3.21. The fourth-order valence-electron chi connectivity index (χ4n) is 3.28. The molecule has 1 aromatic rings. The van der Waals surface area contributed by atoms with Crippen LogP contribution in [0.25, 0.3) is 0 Å². The third kappa shape index (κ3) is 3.14. The molecule has 1 nitrogen and oxygen atoms in total. The van der Waals surface area contributed by atoms with E-state index in [-0.39, 0.29) is 0 Å². The van der Waals surface area contributed by atoms with Crippen LogP contribution < -0.4 is 5.32 Å². The van der Waals surface area contributed by atoms with Gasteiger partial charge in [0.2, 0.25) is 0 Å². The van der Waals surface area contributed by atoms with Crippen molar-refractivity contribution in [2.75, 3.05) is 6.54 Å². The van der Waals surface area contributed by atoms with Gasteiger partial charge in [0.25, 0.3) is 0 Å². The zero-order chi connectivity index (χ0) is 12.8. The van der Waals surface area contributed by atoms with Gasteiger partial charge < -0.3 is 5.32 Å². The molecule has 0 amide bonds. The Morgan fingerprint density at radius 2 is 2.06 bits per heavy atom. The summed E-state index contributed by atoms with van der Waals surface area (Å²) >= 11 is 0. The van der Waals surface area contributed by atoms with E-state index in [2.05, 4.69) is 43.4 Å². The molecule has 0 aliphatic heterocycles. The lowest BCUT2D eigenvalue weighted by atomic mass is 9.85. The lowest BCUT2D eigenvalue weighted by Gasteiger charge is -2.28. The number of hydrogen-bond acceptors (Lipinski definition) is 1. The fourth-order valence-corrected chi connectivity index (χ4v) is 3.28. The molecule has 1 aliphatic rings. The van der Waals surface area contributed by atoms with Crippen LogP contribution in [0.4, 0.5) is 0 Å². The van der Waals surface area contributed by atoms with E-state index >= 15 is 0 Å². The van der Waals surface area contributed by atoms with E-state index in [4.69, 9.17) is 0 Å². The summed E-state index contributed by atoms with van der Waals surface area (Å²) in [5, 5.41) is 3.76. The van der Waals surface area contributed by atoms with Crippen LogP contribution in [0.2, 0.25) is 0 Å². The Kier molecular flexibility index (Phi) is 5.25. The average Bonchev–Trinajstić information content (AvgIpc) is 2.63. The van der Waals surface area contributed by atoms with Crippen molar-refractivity contribution in [3.05, 3.63) is 35.4 Å². The number of fused-ring (bicyclic) bond motifs is 1. The van der Waals surface area contributed by atoms with Gasteiger partial charge in [-0.05, 0) is 55.7 Å². The Bertz CT molecular complexity index is 358. The van der Waals surface area contributed by atoms with Crippen molar-refractivity contribution in [1.82, 2.24) is 5.32 Å². The summed E-state index contributed by atoms with van der Waals surface area (Å²) in [4.78, 5) is 0. The van der Waals surface area contributed by atoms with Gasteiger partial charge in [-0.2, -0.15) is 0 Å². The SMILES string of the molecule is CCCNC(CC)C1CCCCc2ccccc21. The fraction of sp³-hybridized carbons (Fsp3) is 0.647. The standard InChI is InChI=1S/C17H27N/c1-3-13-18-17(4-2)16-12-8-6-10-14-9-5-7-11-15(14)16/h5,7,9,11,16-18H,3-4,6,8,10,12-13H2,1-2H3. The molecule has 2 unspecified atom stereocenters. The zero-order valence-electron chi connectivity index (χ0n) is 11.9. The molecule has 0 heterocycles. The first kappa shape index (κ1) is 13.6. The number of hydrogen-bond donors (Lipinski definition) is 1. The maximum Gasteiger partial charge on any atom is 0.0133 e. The third-order valence-electron chi connectivity index (χ3n) is 4.25. The molecular formula is C17H27N. The first-order valence-electron chi connectivity index (χ1n) is 7.68. The number of benzene rings is 1. The molecule has 0 aromatic heterocycles. The molecule has 1 heteroatoms. The largest absolute Gasteiger partial charge is 0.313 e. The van der Waals surface area contributed by atoms with Gasteiger partial charge in [0.15, 0.2) is 0 Å². The molecule has 0 spiro atoms. The van der Waals surface area contributed by atoms with Crippen molar-refractivity contribution in [1.29, 1.82) is 0 Å². The molecule has 2 rings (SSSR count). The van der Waals surface area contributed by atoms with E-state index in [1.54, 1.807) is 11.1 Å². The Morgan fingerprint density at radius 3 is 2.83 bits per heavy atom. The van der Waals surface area contributed by atoms with Crippen LogP contribution in [-0.2, 0) is 6.42 Å². The average molecular weight is 245 g/mol. The first-order valence-corrected chi connectivity index (χ1v) is 7.68. The van der Waals surface area contributed by atoms with Gasteiger partial charge in [-0.25, -0.2) is 0 Å². The van der Waals surface area contributed by atoms with Gasteiger partial charge in [-0.3, -0.25) is 0 Å². The summed E-state index contributed by atoms with van der Waals surface area (Å²) in [6, 6.07) is 9.76. The highest BCUT2D eigenvalue weighted by Crippen LogP contribution is 2.33. The molecule has 1 aromatic carbocycles. The van der Waals surface area contributed by atoms with Gasteiger partial charge >= 0.3 is 0 Å². The lowest BCUT2D eigenvalue weighted by Crippen LogP contribution is -2.35. The molecule has 0 radical (unpaired) electrons. The molecule has 0 saturated heterocycles. The highest BCUT2D eigenvalue weighted by atomic mass is 14.9. The molecule has 2 atom stereocenters. The van der Waals surface area contributed by atoms with E-state index in [9.17, 15) is 0 Å². The quantitative estimate of drug-likeness (QED) is 0.764. The second-order valence-electron chi connectivity index (χ2n) is 5.52. The van der Waals surface area contributed by atoms with Crippen LogP contribution in [0.3, 0.4) is 0 Å². The zero-order valence-corrected chi connectivity index (χ0v) is 11.9. The maximum absolute atomic E-state index is 3.76. The minimum Gasteiger partial charge on any atom is -0.313 e. The predicted molar refractivity (Wildman–Crippen MR) is 79.1 cm³/mol. The molecule has 100 valence electrons. The first-order chi connectivity index (χ1) is 8.86. The van der Waals surface area contributed by atoms with Crippen LogP contribution >= 0.6 is 0 Å². The van der Waals surface area contributed by atoms with Crippen molar-refractivity contribution < 1.29 is 0 Å². The summed E-state index contributed by atoms with van der Waals surface area (Å²) in [6.45, 7) is 5.72. The number of nitrogens with one attached hydrogen (secondary N) is 1. The summed E-state index contributed by atoms with van der Waals surface area (Å²) in [5.74, 6) is 0.722. The topological polar surface area (TPSA) is 12.0 Å². The van der Waals surface area contributed by atoms with E-state index in [0.717, 1.165) is 12.5 Å². The molecule has 0 saturated carbocycles. The van der Waals surface area contributed by atoms with Gasteiger partial charge in [0, 0.05) is 6.04 Å². The summed E-state index contributed by atoms with van der Waals surface area (Å²) in [7, 11) is 0. The van der Waals surface area contributed by atoms with Gasteiger partial charge in [-0.15, -0.1) is 0 Å². The third-order valence-corrected chi connectivity index (χ3v) is 4.25. The van der Waals surface area contributed by atoms with Crippen LogP contribution in [0.5, 0.6) is 0 Å². The molecule has 0 bridgehead atoms. The van der Waals surface area contributed by atoms with E-state index in [1.807, 2.05) is 0 Å². The number of aryl methyl sites for hydroxylation is 1. The van der Waals surface area contributed by atoms with Crippen LogP contribution in [-0.4, -0.2) is 12.6 Å². The van der Waals surface area contributed by atoms with Crippen molar-refractivity contribution in [3.8, 4) is 0 Å². The van der Waals surface area contributed by atoms with Crippen LogP contribution in [0, 0.1) is 0 Å². The van der Waals surface area contributed by atoms with Gasteiger partial charge in [0.05, 0.1) is 0 Å². The molecule has 1 aliphatic carbocycles. The molecule has 0 fully saturated rings. The van der Waals surface area contributed by atoms with E-state index < -0.39 is 0 Å². The predicted octanol–water partition coefficient (Wildman–Crippen LogP) is 4.27. The highest BCUT2D eigenvalue weighted by Gasteiger charge is 2.24. The minimum absolute atomic E-state index is 0.657. The van der Waals surface area contributed by atoms with Gasteiger partial charge in [0.1, 0.15) is 0 Å². The van der Waals surface area contributed by atoms with Crippen LogP contribution in [0.15, 0.2) is 24.3 Å². The Hall–Kier alpha value is -0.820. The van der Waals surface area contributed by atoms with Crippen molar-refractivity contribution >= 4 is 0 Å². The van der Waals surface area contributed by atoms with E-state index in [0.29, 0.717) is 6.04 Å².